The van der Waals surface area contributed by atoms with Gasteiger partial charge in [0, 0.05) is 0 Å². The van der Waals surface area contributed by atoms with Crippen molar-refractivity contribution in [3.63, 3.8) is 0 Å². The lowest BCUT2D eigenvalue weighted by molar-refractivity contribution is 0.126. The van der Waals surface area contributed by atoms with Gasteiger partial charge in [-0.05, 0) is 0 Å². The molecule has 0 saturated heterocycles. The Morgan fingerprint density at radius 2 is 2.29 bits per heavy atom. The fraction of sp³-hybridized carbons (Fsp3) is 0. The molecule has 6 nitrogen and oxygen atoms in total. The molecule has 0 aromatic carbocycles. The lowest BCUT2D eigenvalue weighted by atomic mass is 11.1. The lowest BCUT2D eigenvalue weighted by Crippen LogP contribution is -2.45. The largest absolute Gasteiger partial charge is 0.345 e. The molecule has 0 aliphatic rings. The fourth-order valence-corrected chi connectivity index (χ4v) is 0.0869. The maximum absolute atomic E-state index is 9.84. The molecule has 0 saturated carbocycles. The van der Waals surface area contributed by atoms with Gasteiger partial charge in [-0.15, -0.1) is 5.59 Å². The average Bonchev–Trinajstić information content (AvgIpc) is 1.68. The van der Waals surface area contributed by atoms with Gasteiger partial charge in [0.25, 0.3) is 0 Å². The Balaban J connectivity index is 3.00. The van der Waals surface area contributed by atoms with E-state index in [9.17, 15) is 4.79 Å². The second-order valence-corrected chi connectivity index (χ2v) is 0.710. The molecule has 2 amide bonds. The van der Waals surface area contributed by atoms with Crippen molar-refractivity contribution in [3.05, 3.63) is 0 Å². The van der Waals surface area contributed by atoms with Crippen LogP contribution in [0.15, 0.2) is 0 Å². The zero-order chi connectivity index (χ0) is 5.70. The van der Waals surface area contributed by atoms with Crippen LogP contribution in [0.1, 0.15) is 0 Å². The first-order valence-corrected chi connectivity index (χ1v) is 1.47. The Labute approximate surface area is 39.6 Å². The van der Waals surface area contributed by atoms with Crippen molar-refractivity contribution in [3.8, 4) is 0 Å². The van der Waals surface area contributed by atoms with Crippen LogP contribution in [0.5, 0.6) is 0 Å². The minimum absolute atomic E-state index is 0.706. The standard InChI is InChI=1S/CH6N4O2/c2-3-1(6)4-5-7/h5,7H,2H2,(H2,3,4,6). The molecule has 0 unspecified atom stereocenters. The van der Waals surface area contributed by atoms with Gasteiger partial charge in [0.15, 0.2) is 0 Å². The van der Waals surface area contributed by atoms with Crippen LogP contribution in [0.4, 0.5) is 4.79 Å². The Bertz CT molecular complexity index is 62.7. The van der Waals surface area contributed by atoms with Crippen molar-refractivity contribution in [2.75, 3.05) is 0 Å². The molecule has 0 bridgehead atoms. The Kier molecular flexibility index (Phi) is 2.94. The number of carbonyl (C=O) groups excluding carboxylic acids is 1. The predicted octanol–water partition coefficient (Wildman–Crippen LogP) is -1.95. The van der Waals surface area contributed by atoms with Crippen LogP contribution in [0.2, 0.25) is 0 Å². The van der Waals surface area contributed by atoms with E-state index in [0.717, 1.165) is 0 Å². The topological polar surface area (TPSA) is 99.4 Å². The maximum atomic E-state index is 9.84. The number of hydrogen-bond donors (Lipinski definition) is 5. The van der Waals surface area contributed by atoms with Gasteiger partial charge >= 0.3 is 6.03 Å². The quantitative estimate of drug-likeness (QED) is 0.152. The van der Waals surface area contributed by atoms with Crippen LogP contribution in [0, 0.1) is 0 Å². The van der Waals surface area contributed by atoms with Gasteiger partial charge in [-0.1, -0.05) is 0 Å². The monoisotopic (exact) mass is 106 g/mol. The summed E-state index contributed by atoms with van der Waals surface area (Å²) >= 11 is 0. The predicted molar refractivity (Wildman–Crippen MR) is 20.8 cm³/mol. The molecule has 0 atom stereocenters. The first kappa shape index (κ1) is 6.15. The van der Waals surface area contributed by atoms with Crippen molar-refractivity contribution in [2.45, 2.75) is 0 Å². The molecule has 0 rings (SSSR count). The number of amides is 2. The van der Waals surface area contributed by atoms with Crippen LogP contribution in [-0.4, -0.2) is 11.2 Å². The lowest BCUT2D eigenvalue weighted by Gasteiger charge is -1.96. The molecule has 42 valence electrons. The minimum Gasteiger partial charge on any atom is -0.297 e. The smallest absolute Gasteiger partial charge is 0.297 e. The van der Waals surface area contributed by atoms with Gasteiger partial charge in [0.1, 0.15) is 0 Å². The molecule has 0 aromatic heterocycles. The Morgan fingerprint density at radius 1 is 1.71 bits per heavy atom. The van der Waals surface area contributed by atoms with Gasteiger partial charge in [-0.3, -0.25) is 10.6 Å². The molecule has 0 aromatic rings. The average molecular weight is 106 g/mol. The van der Waals surface area contributed by atoms with Crippen LogP contribution in [0.25, 0.3) is 0 Å². The Morgan fingerprint density at radius 3 is 2.43 bits per heavy atom. The number of carbonyl (C=O) groups is 1. The SMILES string of the molecule is NNC(=O)NNO. The summed E-state index contributed by atoms with van der Waals surface area (Å²) in [5.74, 6) is 4.54. The third-order valence-corrected chi connectivity index (χ3v) is 0.301. The number of hydrogen-bond acceptors (Lipinski definition) is 4. The molecular formula is CH6N4O2. The summed E-state index contributed by atoms with van der Waals surface area (Å²) in [7, 11) is 0. The van der Waals surface area contributed by atoms with Crippen molar-refractivity contribution in [2.24, 2.45) is 5.84 Å². The number of nitrogens with one attached hydrogen (secondary N) is 3. The van der Waals surface area contributed by atoms with Crippen LogP contribution >= 0.6 is 0 Å². The van der Waals surface area contributed by atoms with Crippen LogP contribution < -0.4 is 22.3 Å². The molecule has 0 fully saturated rings. The molecule has 0 radical (unpaired) electrons. The van der Waals surface area contributed by atoms with E-state index in [1.54, 1.807) is 10.9 Å². The Hall–Kier alpha value is -0.850. The highest BCUT2D eigenvalue weighted by atomic mass is 16.5. The normalized spacial score (nSPS) is 7.71. The van der Waals surface area contributed by atoms with E-state index < -0.39 is 6.03 Å². The van der Waals surface area contributed by atoms with E-state index in [2.05, 4.69) is 5.84 Å². The second-order valence-electron chi connectivity index (χ2n) is 0.710. The summed E-state index contributed by atoms with van der Waals surface area (Å²) in [5, 5.41) is 7.69. The highest BCUT2D eigenvalue weighted by molar-refractivity contribution is 5.72. The van der Waals surface area contributed by atoms with Crippen LogP contribution in [-0.2, 0) is 0 Å². The summed E-state index contributed by atoms with van der Waals surface area (Å²) in [6, 6.07) is -0.706. The highest BCUT2D eigenvalue weighted by Crippen LogP contribution is 1.46. The van der Waals surface area contributed by atoms with Crippen LogP contribution in [0.3, 0.4) is 0 Å². The van der Waals surface area contributed by atoms with E-state index in [4.69, 9.17) is 5.21 Å². The van der Waals surface area contributed by atoms with E-state index in [-0.39, 0.29) is 0 Å². The molecule has 6 N–H and O–H groups in total. The summed E-state index contributed by atoms with van der Waals surface area (Å²) in [4.78, 5) is 9.84. The summed E-state index contributed by atoms with van der Waals surface area (Å²) < 4.78 is 0. The number of rotatable bonds is 1. The zero-order valence-corrected chi connectivity index (χ0v) is 3.43. The molecule has 6 heteroatoms. The zero-order valence-electron chi connectivity index (χ0n) is 3.43. The molecule has 0 aliphatic heterocycles. The molecular weight excluding hydrogens is 100 g/mol. The summed E-state index contributed by atoms with van der Waals surface area (Å²) in [6.45, 7) is 0. The number of nitrogens with two attached hydrogens (primary N) is 1. The van der Waals surface area contributed by atoms with Gasteiger partial charge in [-0.25, -0.2) is 16.1 Å². The van der Waals surface area contributed by atoms with E-state index in [1.807, 2.05) is 0 Å². The van der Waals surface area contributed by atoms with Crippen molar-refractivity contribution < 1.29 is 10.0 Å². The maximum Gasteiger partial charge on any atom is 0.345 e. The van der Waals surface area contributed by atoms with Crippen molar-refractivity contribution in [1.82, 2.24) is 16.4 Å². The van der Waals surface area contributed by atoms with Gasteiger partial charge in [0.2, 0.25) is 0 Å². The third-order valence-electron chi connectivity index (χ3n) is 0.301. The van der Waals surface area contributed by atoms with Crippen molar-refractivity contribution >= 4 is 6.03 Å². The minimum atomic E-state index is -0.706. The van der Waals surface area contributed by atoms with E-state index >= 15 is 0 Å². The van der Waals surface area contributed by atoms with Gasteiger partial charge in [-0.2, -0.15) is 0 Å². The number of hydrazine groups is 2. The number of urea groups is 1. The third kappa shape index (κ3) is 2.97. The summed E-state index contributed by atoms with van der Waals surface area (Å²) in [5.41, 5.74) is 4.80. The summed E-state index contributed by atoms with van der Waals surface area (Å²) in [6.07, 6.45) is 0. The first-order chi connectivity index (χ1) is 3.31. The molecule has 0 heterocycles. The molecule has 0 spiro atoms. The van der Waals surface area contributed by atoms with E-state index in [0.29, 0.717) is 0 Å². The second kappa shape index (κ2) is 3.34. The van der Waals surface area contributed by atoms with Gasteiger partial charge < -0.3 is 0 Å². The molecule has 7 heavy (non-hydrogen) atoms. The van der Waals surface area contributed by atoms with E-state index in [1.165, 1.54) is 5.59 Å². The molecule has 0 aliphatic carbocycles. The van der Waals surface area contributed by atoms with Crippen molar-refractivity contribution in [1.29, 1.82) is 0 Å². The van der Waals surface area contributed by atoms with Gasteiger partial charge in [0.05, 0.1) is 0 Å². The fourth-order valence-electron chi connectivity index (χ4n) is 0.0869. The highest BCUT2D eigenvalue weighted by Gasteiger charge is 1.87. The first-order valence-electron chi connectivity index (χ1n) is 1.47.